The number of carboxylic acids is 1. The van der Waals surface area contributed by atoms with Crippen molar-refractivity contribution in [3.8, 4) is 5.75 Å². The first kappa shape index (κ1) is 17.0. The summed E-state index contributed by atoms with van der Waals surface area (Å²) in [4.78, 5) is 21.8. The number of amides is 1. The largest absolute Gasteiger partial charge is 0.483 e. The van der Waals surface area contributed by atoms with E-state index in [2.05, 4.69) is 19.2 Å². The van der Waals surface area contributed by atoms with Gasteiger partial charge in [0, 0.05) is 6.54 Å². The lowest BCUT2D eigenvalue weighted by Crippen LogP contribution is -2.32. The zero-order valence-corrected chi connectivity index (χ0v) is 12.3. The Bertz CT molecular complexity index is 473. The fourth-order valence-corrected chi connectivity index (χ4v) is 1.71. The summed E-state index contributed by atoms with van der Waals surface area (Å²) >= 11 is 0. The van der Waals surface area contributed by atoms with Crippen molar-refractivity contribution >= 4 is 11.9 Å². The van der Waals surface area contributed by atoms with E-state index in [-0.39, 0.29) is 32.3 Å². The molecule has 6 heteroatoms. The van der Waals surface area contributed by atoms with Crippen molar-refractivity contribution < 1.29 is 24.2 Å². The van der Waals surface area contributed by atoms with E-state index in [0.717, 1.165) is 5.56 Å². The smallest absolute Gasteiger partial charge is 0.329 e. The van der Waals surface area contributed by atoms with Crippen LogP contribution in [0.5, 0.6) is 5.75 Å². The van der Waals surface area contributed by atoms with Crippen LogP contribution < -0.4 is 10.1 Å². The molecule has 1 aromatic carbocycles. The number of hydrogen-bond acceptors (Lipinski definition) is 4. The van der Waals surface area contributed by atoms with Crippen LogP contribution in [0.25, 0.3) is 0 Å². The molecule has 6 nitrogen and oxygen atoms in total. The van der Waals surface area contributed by atoms with Crippen LogP contribution in [0, 0.1) is 0 Å². The Morgan fingerprint density at radius 1 is 1.24 bits per heavy atom. The quantitative estimate of drug-likeness (QED) is 0.673. The highest BCUT2D eigenvalue weighted by Crippen LogP contribution is 2.25. The van der Waals surface area contributed by atoms with Gasteiger partial charge >= 0.3 is 5.97 Å². The van der Waals surface area contributed by atoms with Gasteiger partial charge in [0.05, 0.1) is 6.61 Å². The third-order valence-corrected chi connectivity index (χ3v) is 2.69. The minimum absolute atomic E-state index is 0.0807. The maximum Gasteiger partial charge on any atom is 0.329 e. The molecule has 0 bridgehead atoms. The number of nitrogens with one attached hydrogen (secondary N) is 1. The second-order valence-corrected chi connectivity index (χ2v) is 4.78. The molecular weight excluding hydrogens is 274 g/mol. The number of carbonyl (C=O) groups excluding carboxylic acids is 1. The Morgan fingerprint density at radius 2 is 1.95 bits per heavy atom. The SMILES string of the molecule is CC(C)c1ccccc1OCC(=O)NCCOCC(=O)O. The summed E-state index contributed by atoms with van der Waals surface area (Å²) in [6.07, 6.45) is 0. The van der Waals surface area contributed by atoms with E-state index in [4.69, 9.17) is 14.6 Å². The highest BCUT2D eigenvalue weighted by Gasteiger charge is 2.08. The third kappa shape index (κ3) is 6.76. The number of carbonyl (C=O) groups is 2. The van der Waals surface area contributed by atoms with Crippen LogP contribution in [0.3, 0.4) is 0 Å². The van der Waals surface area contributed by atoms with E-state index in [1.165, 1.54) is 0 Å². The Kier molecular flexibility index (Phi) is 7.25. The van der Waals surface area contributed by atoms with Crippen LogP contribution in [0.4, 0.5) is 0 Å². The summed E-state index contributed by atoms with van der Waals surface area (Å²) < 4.78 is 10.3. The predicted molar refractivity (Wildman–Crippen MR) is 77.5 cm³/mol. The second-order valence-electron chi connectivity index (χ2n) is 4.78. The van der Waals surface area contributed by atoms with Gasteiger partial charge in [-0.15, -0.1) is 0 Å². The Balaban J connectivity index is 2.29. The van der Waals surface area contributed by atoms with Crippen molar-refractivity contribution in [1.29, 1.82) is 0 Å². The molecule has 0 spiro atoms. The first-order valence-electron chi connectivity index (χ1n) is 6.78. The van der Waals surface area contributed by atoms with Crippen LogP contribution in [-0.4, -0.2) is 43.3 Å². The van der Waals surface area contributed by atoms with Crippen molar-refractivity contribution in [3.05, 3.63) is 29.8 Å². The molecule has 116 valence electrons. The average Bonchev–Trinajstić information content (AvgIpc) is 2.44. The second kappa shape index (κ2) is 8.97. The molecule has 0 atom stereocenters. The van der Waals surface area contributed by atoms with Crippen LogP contribution in [0.15, 0.2) is 24.3 Å². The van der Waals surface area contributed by atoms with Crippen molar-refractivity contribution in [2.75, 3.05) is 26.4 Å². The molecule has 0 saturated heterocycles. The van der Waals surface area contributed by atoms with Gasteiger partial charge < -0.3 is 19.9 Å². The molecule has 0 aliphatic rings. The number of ether oxygens (including phenoxy) is 2. The number of carboxylic acid groups (broad SMARTS) is 1. The number of hydrogen-bond donors (Lipinski definition) is 2. The summed E-state index contributed by atoms with van der Waals surface area (Å²) in [6, 6.07) is 7.59. The maximum atomic E-state index is 11.6. The summed E-state index contributed by atoms with van der Waals surface area (Å²) in [6.45, 7) is 4.07. The maximum absolute atomic E-state index is 11.6. The standard InChI is InChI=1S/C15H21NO5/c1-11(2)12-5-3-4-6-13(12)21-9-14(17)16-7-8-20-10-15(18)19/h3-6,11H,7-10H2,1-2H3,(H,16,17)(H,18,19). The van der Waals surface area contributed by atoms with E-state index in [0.29, 0.717) is 11.7 Å². The van der Waals surface area contributed by atoms with Crippen LogP contribution >= 0.6 is 0 Å². The molecule has 0 heterocycles. The molecule has 0 saturated carbocycles. The first-order chi connectivity index (χ1) is 10.0. The highest BCUT2D eigenvalue weighted by molar-refractivity contribution is 5.77. The van der Waals surface area contributed by atoms with Crippen molar-refractivity contribution in [2.24, 2.45) is 0 Å². The zero-order valence-electron chi connectivity index (χ0n) is 12.3. The summed E-state index contributed by atoms with van der Waals surface area (Å²) in [5.41, 5.74) is 1.05. The molecule has 0 aliphatic carbocycles. The average molecular weight is 295 g/mol. The van der Waals surface area contributed by atoms with Crippen LogP contribution in [-0.2, 0) is 14.3 Å². The van der Waals surface area contributed by atoms with Gasteiger partial charge in [-0.2, -0.15) is 0 Å². The molecule has 1 amide bonds. The monoisotopic (exact) mass is 295 g/mol. The van der Waals surface area contributed by atoms with Gasteiger partial charge in [0.15, 0.2) is 6.61 Å². The van der Waals surface area contributed by atoms with Gasteiger partial charge in [-0.05, 0) is 17.5 Å². The van der Waals surface area contributed by atoms with Gasteiger partial charge in [-0.1, -0.05) is 32.0 Å². The van der Waals surface area contributed by atoms with Crippen molar-refractivity contribution in [1.82, 2.24) is 5.32 Å². The number of aliphatic carboxylic acids is 1. The normalized spacial score (nSPS) is 10.4. The van der Waals surface area contributed by atoms with E-state index in [1.807, 2.05) is 24.3 Å². The molecular formula is C15H21NO5. The summed E-state index contributed by atoms with van der Waals surface area (Å²) in [7, 11) is 0. The molecule has 0 radical (unpaired) electrons. The van der Waals surface area contributed by atoms with Gasteiger partial charge in [0.1, 0.15) is 12.4 Å². The molecule has 0 unspecified atom stereocenters. The van der Waals surface area contributed by atoms with Gasteiger partial charge in [-0.3, -0.25) is 4.79 Å². The molecule has 1 rings (SSSR count). The lowest BCUT2D eigenvalue weighted by Gasteiger charge is -2.13. The fraction of sp³-hybridized carbons (Fsp3) is 0.467. The van der Waals surface area contributed by atoms with Gasteiger partial charge in [-0.25, -0.2) is 4.79 Å². The van der Waals surface area contributed by atoms with E-state index >= 15 is 0 Å². The van der Waals surface area contributed by atoms with E-state index in [1.54, 1.807) is 0 Å². The summed E-state index contributed by atoms with van der Waals surface area (Å²) in [5, 5.41) is 11.0. The molecule has 0 aromatic heterocycles. The topological polar surface area (TPSA) is 84.9 Å². The Hall–Kier alpha value is -2.08. The molecule has 0 aliphatic heterocycles. The number of benzene rings is 1. The summed E-state index contributed by atoms with van der Waals surface area (Å²) in [5.74, 6) is -0.291. The first-order valence-corrected chi connectivity index (χ1v) is 6.78. The van der Waals surface area contributed by atoms with E-state index < -0.39 is 5.97 Å². The Morgan fingerprint density at radius 3 is 2.62 bits per heavy atom. The third-order valence-electron chi connectivity index (χ3n) is 2.69. The van der Waals surface area contributed by atoms with Gasteiger partial charge in [0.25, 0.3) is 5.91 Å². The van der Waals surface area contributed by atoms with Crippen molar-refractivity contribution in [2.45, 2.75) is 19.8 Å². The molecule has 1 aromatic rings. The minimum Gasteiger partial charge on any atom is -0.483 e. The Labute approximate surface area is 124 Å². The lowest BCUT2D eigenvalue weighted by molar-refractivity contribution is -0.142. The molecule has 21 heavy (non-hydrogen) atoms. The van der Waals surface area contributed by atoms with Crippen molar-refractivity contribution in [3.63, 3.8) is 0 Å². The zero-order chi connectivity index (χ0) is 15.7. The lowest BCUT2D eigenvalue weighted by atomic mass is 10.0. The minimum atomic E-state index is -1.03. The van der Waals surface area contributed by atoms with Gasteiger partial charge in [0.2, 0.25) is 0 Å². The number of para-hydroxylation sites is 1. The van der Waals surface area contributed by atoms with Crippen LogP contribution in [0.1, 0.15) is 25.3 Å². The number of rotatable bonds is 9. The molecule has 2 N–H and O–H groups in total. The predicted octanol–water partition coefficient (Wildman–Crippen LogP) is 1.41. The molecule has 0 fully saturated rings. The highest BCUT2D eigenvalue weighted by atomic mass is 16.5. The van der Waals surface area contributed by atoms with E-state index in [9.17, 15) is 9.59 Å². The fourth-order valence-electron chi connectivity index (χ4n) is 1.71. The van der Waals surface area contributed by atoms with Crippen LogP contribution in [0.2, 0.25) is 0 Å².